The fraction of sp³-hybridized carbons (Fsp3) is 0.0909. The number of hydrogen-bond acceptors (Lipinski definition) is 6. The molecule has 2 rings (SSSR count). The molecule has 1 amide bonds. The Bertz CT molecular complexity index is 697. The third-order valence-electron chi connectivity index (χ3n) is 2.49. The number of amides is 1. The quantitative estimate of drug-likeness (QED) is 0.624. The first-order valence-electron chi connectivity index (χ1n) is 5.23. The van der Waals surface area contributed by atoms with Crippen LogP contribution in [0.15, 0.2) is 22.8 Å². The van der Waals surface area contributed by atoms with Crippen molar-refractivity contribution >= 4 is 11.9 Å². The molecule has 20 heavy (non-hydrogen) atoms. The smallest absolute Gasteiger partial charge is 0.338 e. The number of halogens is 1. The molecule has 0 radical (unpaired) electrons. The minimum atomic E-state index is -1.13. The Hall–Kier alpha value is -2.97. The number of rotatable bonds is 3. The zero-order chi connectivity index (χ0) is 14.9. The van der Waals surface area contributed by atoms with E-state index in [1.54, 1.807) is 0 Å². The Balaban J connectivity index is 2.72. The van der Waals surface area contributed by atoms with Gasteiger partial charge in [-0.1, -0.05) is 0 Å². The highest BCUT2D eigenvalue weighted by Crippen LogP contribution is 2.25. The van der Waals surface area contributed by atoms with E-state index >= 15 is 0 Å². The summed E-state index contributed by atoms with van der Waals surface area (Å²) < 4.78 is 22.1. The van der Waals surface area contributed by atoms with E-state index in [0.717, 1.165) is 25.3 Å². The molecule has 104 valence electrons. The maximum absolute atomic E-state index is 13.3. The van der Waals surface area contributed by atoms with Gasteiger partial charge in [0, 0.05) is 5.16 Å². The van der Waals surface area contributed by atoms with Gasteiger partial charge in [0.15, 0.2) is 0 Å². The number of carbonyl (C=O) groups is 2. The van der Waals surface area contributed by atoms with Gasteiger partial charge in [0.05, 0.1) is 18.2 Å². The van der Waals surface area contributed by atoms with Gasteiger partial charge in [-0.3, -0.25) is 9.42 Å². The Kier molecular flexibility index (Phi) is 3.34. The first-order chi connectivity index (χ1) is 9.45. The number of methoxy groups -OCH3 is 1. The van der Waals surface area contributed by atoms with E-state index in [0.29, 0.717) is 0 Å². The van der Waals surface area contributed by atoms with Crippen LogP contribution in [0.3, 0.4) is 0 Å². The van der Waals surface area contributed by atoms with Crippen LogP contribution in [0, 0.1) is 11.0 Å². The van der Waals surface area contributed by atoms with E-state index in [1.807, 2.05) is 0 Å². The van der Waals surface area contributed by atoms with Crippen LogP contribution in [-0.2, 0) is 4.74 Å². The summed E-state index contributed by atoms with van der Waals surface area (Å²) in [5.41, 5.74) is 3.82. The molecule has 0 saturated heterocycles. The van der Waals surface area contributed by atoms with E-state index in [9.17, 15) is 19.2 Å². The molecule has 9 heteroatoms. The molecule has 0 aliphatic rings. The van der Waals surface area contributed by atoms with E-state index in [-0.39, 0.29) is 21.7 Å². The molecule has 1 aromatic heterocycles. The summed E-state index contributed by atoms with van der Waals surface area (Å²) in [6, 6.07) is 3.06. The number of hydrogen-bond donors (Lipinski definition) is 1. The van der Waals surface area contributed by atoms with Crippen molar-refractivity contribution in [1.29, 1.82) is 0 Å². The minimum Gasteiger partial charge on any atom is -0.465 e. The summed E-state index contributed by atoms with van der Waals surface area (Å²) in [6.45, 7) is 0. The monoisotopic (exact) mass is 281 g/mol. The average Bonchev–Trinajstić information content (AvgIpc) is 2.79. The van der Waals surface area contributed by atoms with Crippen molar-refractivity contribution in [3.8, 4) is 11.3 Å². The Morgan fingerprint density at radius 3 is 2.80 bits per heavy atom. The number of esters is 1. The highest BCUT2D eigenvalue weighted by Gasteiger charge is 2.29. The summed E-state index contributed by atoms with van der Waals surface area (Å²) in [5.74, 6) is -2.63. The largest absolute Gasteiger partial charge is 0.465 e. The highest BCUT2D eigenvalue weighted by molar-refractivity contribution is 6.01. The second-order valence-corrected chi connectivity index (χ2v) is 3.67. The van der Waals surface area contributed by atoms with E-state index < -0.39 is 23.4 Å². The van der Waals surface area contributed by atoms with Crippen LogP contribution in [0.25, 0.3) is 11.3 Å². The molecule has 0 aliphatic carbocycles. The van der Waals surface area contributed by atoms with Crippen LogP contribution >= 0.6 is 0 Å². The van der Waals surface area contributed by atoms with Gasteiger partial charge in [-0.25, -0.2) is 9.18 Å². The third-order valence-corrected chi connectivity index (χ3v) is 2.49. The Morgan fingerprint density at radius 2 is 2.20 bits per heavy atom. The van der Waals surface area contributed by atoms with Gasteiger partial charge in [0.1, 0.15) is 5.82 Å². The maximum atomic E-state index is 13.3. The van der Waals surface area contributed by atoms with Crippen LogP contribution in [0.4, 0.5) is 4.39 Å². The lowest BCUT2D eigenvalue weighted by Crippen LogP contribution is -2.34. The van der Waals surface area contributed by atoms with Gasteiger partial charge in [-0.05, 0) is 23.1 Å². The zero-order valence-corrected chi connectivity index (χ0v) is 10.1. The SMILES string of the molecule is COC(=O)c1ccc(F)cc1-c1no[n+]([O-])c1C(N)=O. The first kappa shape index (κ1) is 13.5. The van der Waals surface area contributed by atoms with E-state index in [2.05, 4.69) is 14.5 Å². The van der Waals surface area contributed by atoms with Gasteiger partial charge in [-0.15, -0.1) is 0 Å². The molecule has 2 aromatic rings. The lowest BCUT2D eigenvalue weighted by molar-refractivity contribution is -0.803. The third kappa shape index (κ3) is 2.16. The molecule has 0 spiro atoms. The maximum Gasteiger partial charge on any atom is 0.338 e. The van der Waals surface area contributed by atoms with Crippen molar-refractivity contribution in [2.24, 2.45) is 5.73 Å². The highest BCUT2D eigenvalue weighted by atomic mass is 19.1. The summed E-state index contributed by atoms with van der Waals surface area (Å²) in [6.07, 6.45) is 0. The molecular formula is C11H8FN3O5. The van der Waals surface area contributed by atoms with Gasteiger partial charge in [-0.2, -0.15) is 0 Å². The predicted molar refractivity (Wildman–Crippen MR) is 60.7 cm³/mol. The van der Waals surface area contributed by atoms with Crippen molar-refractivity contribution < 1.29 is 28.2 Å². The predicted octanol–water partition coefficient (Wildman–Crippen LogP) is -0.000400. The van der Waals surface area contributed by atoms with Crippen LogP contribution < -0.4 is 10.6 Å². The molecule has 0 saturated carbocycles. The summed E-state index contributed by atoms with van der Waals surface area (Å²) in [7, 11) is 1.13. The molecular weight excluding hydrogens is 273 g/mol. The fourth-order valence-corrected chi connectivity index (χ4v) is 1.63. The summed E-state index contributed by atoms with van der Waals surface area (Å²) >= 11 is 0. The van der Waals surface area contributed by atoms with Gasteiger partial charge in [0.2, 0.25) is 0 Å². The molecule has 0 bridgehead atoms. The number of ether oxygens (including phenoxy) is 1. The number of benzene rings is 1. The van der Waals surface area contributed by atoms with Crippen LogP contribution in [0.5, 0.6) is 0 Å². The molecule has 0 unspecified atom stereocenters. The molecule has 1 heterocycles. The van der Waals surface area contributed by atoms with Crippen LogP contribution in [0.1, 0.15) is 20.8 Å². The van der Waals surface area contributed by atoms with Crippen molar-refractivity contribution in [3.63, 3.8) is 0 Å². The number of nitrogens with zero attached hydrogens (tertiary/aromatic N) is 2. The summed E-state index contributed by atoms with van der Waals surface area (Å²) in [5, 5.41) is 14.6. The Morgan fingerprint density at radius 1 is 1.50 bits per heavy atom. The fourth-order valence-electron chi connectivity index (χ4n) is 1.63. The number of carbonyl (C=O) groups excluding carboxylic acids is 2. The standard InChI is InChI=1S/C11H8FN3O5/c1-19-11(17)6-3-2-5(12)4-7(6)8-9(10(13)16)15(18)20-14-8/h2-4H,1H3,(H2,13,16). The van der Waals surface area contributed by atoms with Crippen molar-refractivity contribution in [3.05, 3.63) is 40.5 Å². The van der Waals surface area contributed by atoms with Crippen LogP contribution in [0.2, 0.25) is 0 Å². The number of primary amides is 1. The van der Waals surface area contributed by atoms with Crippen molar-refractivity contribution in [1.82, 2.24) is 5.16 Å². The zero-order valence-electron chi connectivity index (χ0n) is 10.1. The second-order valence-electron chi connectivity index (χ2n) is 3.67. The van der Waals surface area contributed by atoms with Crippen LogP contribution in [-0.4, -0.2) is 24.1 Å². The Labute approximate surface area is 111 Å². The topological polar surface area (TPSA) is 122 Å². The lowest BCUT2D eigenvalue weighted by Gasteiger charge is -2.04. The minimum absolute atomic E-state index is 0.0923. The second kappa shape index (κ2) is 4.96. The van der Waals surface area contributed by atoms with Gasteiger partial charge in [0.25, 0.3) is 17.3 Å². The molecule has 0 fully saturated rings. The normalized spacial score (nSPS) is 10.3. The molecule has 8 nitrogen and oxygen atoms in total. The average molecular weight is 281 g/mol. The first-order valence-corrected chi connectivity index (χ1v) is 5.23. The van der Waals surface area contributed by atoms with Crippen molar-refractivity contribution in [2.75, 3.05) is 7.11 Å². The van der Waals surface area contributed by atoms with Gasteiger partial charge >= 0.3 is 5.97 Å². The number of aromatic nitrogens is 2. The van der Waals surface area contributed by atoms with E-state index in [4.69, 9.17) is 5.73 Å². The molecule has 2 N–H and O–H groups in total. The van der Waals surface area contributed by atoms with E-state index in [1.165, 1.54) is 0 Å². The molecule has 1 aromatic carbocycles. The number of nitrogens with two attached hydrogens (primary N) is 1. The van der Waals surface area contributed by atoms with Gasteiger partial charge < -0.3 is 15.7 Å². The molecule has 0 atom stereocenters. The van der Waals surface area contributed by atoms with Crippen molar-refractivity contribution in [2.45, 2.75) is 0 Å². The lowest BCUT2D eigenvalue weighted by atomic mass is 10.0. The summed E-state index contributed by atoms with van der Waals surface area (Å²) in [4.78, 5) is 22.6. The molecule has 0 aliphatic heterocycles.